The average Bonchev–Trinajstić information content (AvgIpc) is 2.15. The Bertz CT molecular complexity index is 176. The lowest BCUT2D eigenvalue weighted by molar-refractivity contribution is -0.141. The highest BCUT2D eigenvalue weighted by Gasteiger charge is 2.28. The molecule has 1 rings (SSSR count). The van der Waals surface area contributed by atoms with Crippen LogP contribution in [0.15, 0.2) is 0 Å². The first-order chi connectivity index (χ1) is 6.16. The Morgan fingerprint density at radius 2 is 2.15 bits per heavy atom. The smallest absolute Gasteiger partial charge is 0.305 e. The summed E-state index contributed by atoms with van der Waals surface area (Å²) in [5.74, 6) is -0.184. The van der Waals surface area contributed by atoms with Gasteiger partial charge in [-0.15, -0.1) is 0 Å². The Kier molecular flexibility index (Phi) is 3.69. The Morgan fingerprint density at radius 1 is 1.54 bits per heavy atom. The van der Waals surface area contributed by atoms with E-state index in [1.54, 1.807) is 0 Å². The van der Waals surface area contributed by atoms with Crippen molar-refractivity contribution in [2.75, 3.05) is 20.3 Å². The quantitative estimate of drug-likeness (QED) is 0.651. The van der Waals surface area contributed by atoms with E-state index in [0.29, 0.717) is 26.1 Å². The van der Waals surface area contributed by atoms with Crippen LogP contribution in [0.2, 0.25) is 0 Å². The largest absolute Gasteiger partial charge is 0.469 e. The van der Waals surface area contributed by atoms with Crippen molar-refractivity contribution in [2.24, 2.45) is 5.73 Å². The molecule has 0 atom stereocenters. The topological polar surface area (TPSA) is 61.5 Å². The van der Waals surface area contributed by atoms with Crippen LogP contribution in [-0.4, -0.2) is 31.8 Å². The van der Waals surface area contributed by atoms with Crippen LogP contribution >= 0.6 is 0 Å². The predicted octanol–water partition coefficient (Wildman–Crippen LogP) is 0.447. The highest BCUT2D eigenvalue weighted by atomic mass is 16.5. The number of carbonyl (C=O) groups is 1. The Hall–Kier alpha value is -0.610. The van der Waals surface area contributed by atoms with Gasteiger partial charge in [0, 0.05) is 25.2 Å². The summed E-state index contributed by atoms with van der Waals surface area (Å²) in [6, 6.07) is 0. The lowest BCUT2D eigenvalue weighted by Crippen LogP contribution is -2.45. The van der Waals surface area contributed by atoms with E-state index in [2.05, 4.69) is 4.74 Å². The first kappa shape index (κ1) is 10.5. The molecule has 0 aromatic carbocycles. The fraction of sp³-hybridized carbons (Fsp3) is 0.889. The van der Waals surface area contributed by atoms with Crippen LogP contribution in [0.3, 0.4) is 0 Å². The van der Waals surface area contributed by atoms with E-state index in [9.17, 15) is 4.79 Å². The summed E-state index contributed by atoms with van der Waals surface area (Å²) in [4.78, 5) is 10.9. The normalized spacial score (nSPS) is 21.1. The summed E-state index contributed by atoms with van der Waals surface area (Å²) in [6.07, 6.45) is 2.78. The lowest BCUT2D eigenvalue weighted by atomic mass is 9.87. The van der Waals surface area contributed by atoms with Crippen molar-refractivity contribution < 1.29 is 14.3 Å². The molecule has 76 valence electrons. The molecule has 1 heterocycles. The number of rotatable bonds is 3. The van der Waals surface area contributed by atoms with Crippen LogP contribution in [0, 0.1) is 0 Å². The molecule has 1 aliphatic heterocycles. The van der Waals surface area contributed by atoms with Crippen LogP contribution in [0.1, 0.15) is 25.7 Å². The summed E-state index contributed by atoms with van der Waals surface area (Å²) in [5.41, 5.74) is 5.86. The van der Waals surface area contributed by atoms with Gasteiger partial charge in [-0.25, -0.2) is 0 Å². The van der Waals surface area contributed by atoms with E-state index < -0.39 is 0 Å². The fourth-order valence-corrected chi connectivity index (χ4v) is 1.48. The van der Waals surface area contributed by atoms with E-state index in [1.807, 2.05) is 0 Å². The van der Waals surface area contributed by atoms with Crippen LogP contribution in [0.4, 0.5) is 0 Å². The minimum atomic E-state index is -0.216. The number of nitrogens with two attached hydrogens (primary N) is 1. The molecule has 0 saturated carbocycles. The summed E-state index contributed by atoms with van der Waals surface area (Å²) < 4.78 is 9.76. The second-order valence-electron chi connectivity index (χ2n) is 3.55. The molecule has 0 aromatic rings. The molecule has 4 nitrogen and oxygen atoms in total. The van der Waals surface area contributed by atoms with Crippen LogP contribution in [-0.2, 0) is 14.3 Å². The second-order valence-corrected chi connectivity index (χ2v) is 3.55. The zero-order valence-electron chi connectivity index (χ0n) is 8.04. The van der Waals surface area contributed by atoms with E-state index in [1.165, 1.54) is 7.11 Å². The van der Waals surface area contributed by atoms with Gasteiger partial charge in [-0.2, -0.15) is 0 Å². The molecule has 0 spiro atoms. The zero-order chi connectivity index (χ0) is 9.73. The molecule has 0 radical (unpaired) electrons. The summed E-state index contributed by atoms with van der Waals surface area (Å²) in [5, 5.41) is 0. The monoisotopic (exact) mass is 187 g/mol. The minimum absolute atomic E-state index is 0.184. The molecule has 13 heavy (non-hydrogen) atoms. The lowest BCUT2D eigenvalue weighted by Gasteiger charge is -2.32. The van der Waals surface area contributed by atoms with Crippen molar-refractivity contribution in [3.63, 3.8) is 0 Å². The van der Waals surface area contributed by atoms with Gasteiger partial charge in [-0.1, -0.05) is 0 Å². The molecule has 0 aliphatic carbocycles. The van der Waals surface area contributed by atoms with Gasteiger partial charge in [-0.05, 0) is 19.3 Å². The summed E-state index contributed by atoms with van der Waals surface area (Å²) >= 11 is 0. The van der Waals surface area contributed by atoms with E-state index >= 15 is 0 Å². The zero-order valence-corrected chi connectivity index (χ0v) is 8.04. The minimum Gasteiger partial charge on any atom is -0.469 e. The molecule has 4 heteroatoms. The highest BCUT2D eigenvalue weighted by molar-refractivity contribution is 5.69. The van der Waals surface area contributed by atoms with E-state index in [-0.39, 0.29) is 11.5 Å². The molecular weight excluding hydrogens is 170 g/mol. The Labute approximate surface area is 78.4 Å². The van der Waals surface area contributed by atoms with Gasteiger partial charge in [-0.3, -0.25) is 4.79 Å². The van der Waals surface area contributed by atoms with Crippen LogP contribution in [0.5, 0.6) is 0 Å². The highest BCUT2D eigenvalue weighted by Crippen LogP contribution is 2.22. The SMILES string of the molecule is COC(=O)CCC1(N)CCOCC1. The maximum Gasteiger partial charge on any atom is 0.305 e. The third kappa shape index (κ3) is 3.32. The predicted molar refractivity (Wildman–Crippen MR) is 48.2 cm³/mol. The van der Waals surface area contributed by atoms with Gasteiger partial charge >= 0.3 is 5.97 Å². The Morgan fingerprint density at radius 3 is 2.69 bits per heavy atom. The molecule has 2 N–H and O–H groups in total. The van der Waals surface area contributed by atoms with Crippen molar-refractivity contribution in [2.45, 2.75) is 31.2 Å². The number of ether oxygens (including phenoxy) is 2. The Balaban J connectivity index is 2.28. The van der Waals surface area contributed by atoms with Crippen molar-refractivity contribution in [1.29, 1.82) is 0 Å². The second kappa shape index (κ2) is 4.58. The van der Waals surface area contributed by atoms with Crippen LogP contribution in [0.25, 0.3) is 0 Å². The van der Waals surface area contributed by atoms with Gasteiger partial charge in [0.2, 0.25) is 0 Å². The molecule has 0 aromatic heterocycles. The van der Waals surface area contributed by atoms with Crippen molar-refractivity contribution in [1.82, 2.24) is 0 Å². The maximum absolute atomic E-state index is 10.9. The standard InChI is InChI=1S/C9H17NO3/c1-12-8(11)2-3-9(10)4-6-13-7-5-9/h2-7,10H2,1H3. The van der Waals surface area contributed by atoms with Crippen molar-refractivity contribution in [3.05, 3.63) is 0 Å². The number of methoxy groups -OCH3 is 1. The van der Waals surface area contributed by atoms with Crippen molar-refractivity contribution >= 4 is 5.97 Å². The summed E-state index contributed by atoms with van der Waals surface area (Å²) in [6.45, 7) is 1.41. The first-order valence-electron chi connectivity index (χ1n) is 4.60. The van der Waals surface area contributed by atoms with Gasteiger partial charge in [0.05, 0.1) is 7.11 Å². The summed E-state index contributed by atoms with van der Waals surface area (Å²) in [7, 11) is 1.40. The average molecular weight is 187 g/mol. The molecule has 0 unspecified atom stereocenters. The van der Waals surface area contributed by atoms with Crippen LogP contribution < -0.4 is 5.73 Å². The third-order valence-corrected chi connectivity index (χ3v) is 2.54. The molecule has 1 aliphatic rings. The molecule has 1 saturated heterocycles. The molecule has 1 fully saturated rings. The molecule has 0 amide bonds. The molecule has 0 bridgehead atoms. The van der Waals surface area contributed by atoms with E-state index in [0.717, 1.165) is 12.8 Å². The number of hydrogen-bond acceptors (Lipinski definition) is 4. The van der Waals surface area contributed by atoms with Gasteiger partial charge < -0.3 is 15.2 Å². The fourth-order valence-electron chi connectivity index (χ4n) is 1.48. The van der Waals surface area contributed by atoms with Gasteiger partial charge in [0.1, 0.15) is 0 Å². The van der Waals surface area contributed by atoms with Crippen molar-refractivity contribution in [3.8, 4) is 0 Å². The maximum atomic E-state index is 10.9. The number of carbonyl (C=O) groups excluding carboxylic acids is 1. The number of hydrogen-bond donors (Lipinski definition) is 1. The number of esters is 1. The first-order valence-corrected chi connectivity index (χ1v) is 4.60. The van der Waals surface area contributed by atoms with E-state index in [4.69, 9.17) is 10.5 Å². The van der Waals surface area contributed by atoms with Gasteiger partial charge in [0.25, 0.3) is 0 Å². The third-order valence-electron chi connectivity index (χ3n) is 2.54. The molecular formula is C9H17NO3. The van der Waals surface area contributed by atoms with Gasteiger partial charge in [0.15, 0.2) is 0 Å².